The minimum Gasteiger partial charge on any atom is -0.311 e. The van der Waals surface area contributed by atoms with Gasteiger partial charge in [0.25, 0.3) is 0 Å². The molecule has 0 saturated carbocycles. The van der Waals surface area contributed by atoms with Gasteiger partial charge in [-0.05, 0) is 24.3 Å². The Hall–Kier alpha value is -1.41. The Morgan fingerprint density at radius 3 is 2.45 bits per heavy atom. The summed E-state index contributed by atoms with van der Waals surface area (Å²) in [5.41, 5.74) is 0.730. The van der Waals surface area contributed by atoms with Crippen LogP contribution in [0.1, 0.15) is 6.92 Å². The predicted molar refractivity (Wildman–Crippen MR) is 89.0 cm³/mol. The molecule has 118 valence electrons. The van der Waals surface area contributed by atoms with Crippen LogP contribution in [-0.4, -0.2) is 27.4 Å². The van der Waals surface area contributed by atoms with Gasteiger partial charge in [-0.15, -0.1) is 11.3 Å². The number of hydrogen-bond acceptors (Lipinski definition) is 4. The highest BCUT2D eigenvalue weighted by Crippen LogP contribution is 2.25. The summed E-state index contributed by atoms with van der Waals surface area (Å²) in [5.74, 6) is -0.149. The van der Waals surface area contributed by atoms with Crippen LogP contribution >= 0.6 is 22.9 Å². The van der Waals surface area contributed by atoms with Gasteiger partial charge in [0.15, 0.2) is 0 Å². The molecule has 1 aromatic carbocycles. The fourth-order valence-electron chi connectivity index (χ4n) is 1.88. The third-order valence-corrected chi connectivity index (χ3v) is 6.07. The molecule has 0 spiro atoms. The van der Waals surface area contributed by atoms with E-state index in [2.05, 4.69) is 4.72 Å². The molecule has 0 fully saturated rings. The number of carbonyl (C=O) groups excluding carboxylic acids is 1. The summed E-state index contributed by atoms with van der Waals surface area (Å²) in [6, 6.07) is 12.1. The van der Waals surface area contributed by atoms with Crippen LogP contribution in [0, 0.1) is 0 Å². The van der Waals surface area contributed by atoms with Crippen LogP contribution in [0.2, 0.25) is 4.34 Å². The van der Waals surface area contributed by atoms with Crippen molar-refractivity contribution in [2.45, 2.75) is 11.1 Å². The minimum atomic E-state index is -3.60. The number of thiophene rings is 1. The summed E-state index contributed by atoms with van der Waals surface area (Å²) in [6.07, 6.45) is 0. The number of nitrogens with zero attached hydrogens (tertiary/aromatic N) is 1. The Balaban J connectivity index is 2.01. The normalized spacial score (nSPS) is 11.4. The molecule has 22 heavy (non-hydrogen) atoms. The van der Waals surface area contributed by atoms with Gasteiger partial charge in [-0.3, -0.25) is 4.79 Å². The number of carbonyl (C=O) groups is 1. The molecule has 2 rings (SSSR count). The standard InChI is InChI=1S/C14H15ClN2O3S2/c1-11(18)17(12-5-3-2-4-6-12)10-9-16-22(19,20)14-8-7-13(15)21-14/h2-8,16H,9-10H2,1H3. The van der Waals surface area contributed by atoms with Crippen LogP contribution in [0.15, 0.2) is 46.7 Å². The molecule has 2 aromatic rings. The third kappa shape index (κ3) is 4.30. The highest BCUT2D eigenvalue weighted by atomic mass is 35.5. The Morgan fingerprint density at radius 1 is 1.23 bits per heavy atom. The number of hydrogen-bond donors (Lipinski definition) is 1. The zero-order valence-electron chi connectivity index (χ0n) is 11.8. The highest BCUT2D eigenvalue weighted by Gasteiger charge is 2.17. The van der Waals surface area contributed by atoms with Gasteiger partial charge in [0.05, 0.1) is 4.34 Å². The monoisotopic (exact) mass is 358 g/mol. The van der Waals surface area contributed by atoms with Gasteiger partial charge in [0.1, 0.15) is 4.21 Å². The Kier molecular flexibility index (Phi) is 5.57. The fraction of sp³-hybridized carbons (Fsp3) is 0.214. The SMILES string of the molecule is CC(=O)N(CCNS(=O)(=O)c1ccc(Cl)s1)c1ccccc1. The van der Waals surface area contributed by atoms with Crippen molar-refractivity contribution in [3.05, 3.63) is 46.8 Å². The van der Waals surface area contributed by atoms with Crippen LogP contribution in [-0.2, 0) is 14.8 Å². The topological polar surface area (TPSA) is 66.5 Å². The molecule has 0 atom stereocenters. The summed E-state index contributed by atoms with van der Waals surface area (Å²) in [6.45, 7) is 1.81. The van der Waals surface area contributed by atoms with E-state index in [1.54, 1.807) is 12.1 Å². The van der Waals surface area contributed by atoms with Gasteiger partial charge >= 0.3 is 0 Å². The molecule has 0 aliphatic heterocycles. The Morgan fingerprint density at radius 2 is 1.91 bits per heavy atom. The zero-order valence-corrected chi connectivity index (χ0v) is 14.2. The number of anilines is 1. The second kappa shape index (κ2) is 7.23. The fourth-order valence-corrected chi connectivity index (χ4v) is 4.43. The van der Waals surface area contributed by atoms with Crippen molar-refractivity contribution in [3.63, 3.8) is 0 Å². The van der Waals surface area contributed by atoms with Crippen LogP contribution < -0.4 is 9.62 Å². The molecule has 1 heterocycles. The van der Waals surface area contributed by atoms with Crippen molar-refractivity contribution in [2.75, 3.05) is 18.0 Å². The Labute approximate surface area is 138 Å². The van der Waals surface area contributed by atoms with Gasteiger partial charge < -0.3 is 4.90 Å². The van der Waals surface area contributed by atoms with Gasteiger partial charge in [-0.25, -0.2) is 13.1 Å². The third-order valence-electron chi connectivity index (χ3n) is 2.89. The van der Waals surface area contributed by atoms with Crippen LogP contribution in [0.25, 0.3) is 0 Å². The van der Waals surface area contributed by atoms with Crippen molar-refractivity contribution < 1.29 is 13.2 Å². The van der Waals surface area contributed by atoms with E-state index in [1.807, 2.05) is 18.2 Å². The van der Waals surface area contributed by atoms with E-state index in [0.717, 1.165) is 17.0 Å². The maximum absolute atomic E-state index is 12.1. The number of rotatable bonds is 6. The molecule has 1 amide bonds. The van der Waals surface area contributed by atoms with E-state index in [0.29, 0.717) is 4.34 Å². The molecule has 0 unspecified atom stereocenters. The first kappa shape index (κ1) is 17.0. The van der Waals surface area contributed by atoms with Crippen LogP contribution in [0.5, 0.6) is 0 Å². The molecule has 0 aliphatic rings. The average molecular weight is 359 g/mol. The van der Waals surface area contributed by atoms with Gasteiger partial charge in [-0.2, -0.15) is 0 Å². The lowest BCUT2D eigenvalue weighted by Gasteiger charge is -2.21. The van der Waals surface area contributed by atoms with E-state index in [-0.39, 0.29) is 23.2 Å². The van der Waals surface area contributed by atoms with Gasteiger partial charge in [0.2, 0.25) is 15.9 Å². The lowest BCUT2D eigenvalue weighted by Crippen LogP contribution is -2.37. The first-order valence-corrected chi connectivity index (χ1v) is 9.16. The summed E-state index contributed by atoms with van der Waals surface area (Å²) >= 11 is 6.74. The van der Waals surface area contributed by atoms with E-state index in [9.17, 15) is 13.2 Å². The summed E-state index contributed by atoms with van der Waals surface area (Å²) in [5, 5.41) is 0. The summed E-state index contributed by atoms with van der Waals surface area (Å²) in [7, 11) is -3.60. The summed E-state index contributed by atoms with van der Waals surface area (Å²) < 4.78 is 27.2. The lowest BCUT2D eigenvalue weighted by molar-refractivity contribution is -0.116. The minimum absolute atomic E-state index is 0.117. The van der Waals surface area contributed by atoms with Crippen molar-refractivity contribution in [2.24, 2.45) is 0 Å². The second-order valence-electron chi connectivity index (χ2n) is 4.46. The maximum atomic E-state index is 12.1. The Bertz CT molecular complexity index is 744. The smallest absolute Gasteiger partial charge is 0.250 e. The van der Waals surface area contributed by atoms with E-state index in [4.69, 9.17) is 11.6 Å². The molecular weight excluding hydrogens is 344 g/mol. The van der Waals surface area contributed by atoms with Crippen LogP contribution in [0.3, 0.4) is 0 Å². The first-order valence-electron chi connectivity index (χ1n) is 6.48. The number of amides is 1. The average Bonchev–Trinajstić information content (AvgIpc) is 2.91. The molecule has 0 aliphatic carbocycles. The van der Waals surface area contributed by atoms with Crippen molar-refractivity contribution in [3.8, 4) is 0 Å². The number of benzene rings is 1. The largest absolute Gasteiger partial charge is 0.311 e. The quantitative estimate of drug-likeness (QED) is 0.863. The predicted octanol–water partition coefficient (Wildman–Crippen LogP) is 2.73. The van der Waals surface area contributed by atoms with E-state index in [1.165, 1.54) is 24.0 Å². The highest BCUT2D eigenvalue weighted by molar-refractivity contribution is 7.91. The first-order chi connectivity index (χ1) is 10.4. The number of para-hydroxylation sites is 1. The molecule has 0 radical (unpaired) electrons. The number of sulfonamides is 1. The number of nitrogens with one attached hydrogen (secondary N) is 1. The molecule has 0 saturated heterocycles. The van der Waals surface area contributed by atoms with Crippen molar-refractivity contribution in [1.29, 1.82) is 0 Å². The molecule has 0 bridgehead atoms. The molecule has 1 N–H and O–H groups in total. The zero-order chi connectivity index (χ0) is 16.2. The molecule has 5 nitrogen and oxygen atoms in total. The molecule has 1 aromatic heterocycles. The number of halogens is 1. The van der Waals surface area contributed by atoms with E-state index < -0.39 is 10.0 Å². The van der Waals surface area contributed by atoms with Gasteiger partial charge in [-0.1, -0.05) is 29.8 Å². The summed E-state index contributed by atoms with van der Waals surface area (Å²) in [4.78, 5) is 13.2. The van der Waals surface area contributed by atoms with Gasteiger partial charge in [0, 0.05) is 25.7 Å². The van der Waals surface area contributed by atoms with E-state index >= 15 is 0 Å². The van der Waals surface area contributed by atoms with Crippen LogP contribution in [0.4, 0.5) is 5.69 Å². The van der Waals surface area contributed by atoms with Crippen molar-refractivity contribution in [1.82, 2.24) is 4.72 Å². The molecule has 8 heteroatoms. The maximum Gasteiger partial charge on any atom is 0.250 e. The van der Waals surface area contributed by atoms with Crippen molar-refractivity contribution >= 4 is 44.6 Å². The second-order valence-corrected chi connectivity index (χ2v) is 8.17. The molecular formula is C14H15ClN2O3S2. The lowest BCUT2D eigenvalue weighted by atomic mass is 10.3.